The van der Waals surface area contributed by atoms with E-state index in [2.05, 4.69) is 4.98 Å². The molecule has 3 aromatic carbocycles. The van der Waals surface area contributed by atoms with Crippen LogP contribution < -0.4 is 9.47 Å². The second kappa shape index (κ2) is 9.36. The highest BCUT2D eigenvalue weighted by Crippen LogP contribution is 2.32. The lowest BCUT2D eigenvalue weighted by molar-refractivity contribution is 0.0706. The van der Waals surface area contributed by atoms with E-state index in [4.69, 9.17) is 13.9 Å². The summed E-state index contributed by atoms with van der Waals surface area (Å²) >= 11 is 0. The highest BCUT2D eigenvalue weighted by atomic mass is 16.5. The van der Waals surface area contributed by atoms with Gasteiger partial charge in [0.05, 0.1) is 7.11 Å². The molecule has 0 bridgehead atoms. The number of carbonyl (C=O) groups excluding carboxylic acids is 1. The first-order valence-electron chi connectivity index (χ1n) is 11.2. The average molecular weight is 443 g/mol. The summed E-state index contributed by atoms with van der Waals surface area (Å²) in [7, 11) is 1.59. The quantitative estimate of drug-likeness (QED) is 0.398. The van der Waals surface area contributed by atoms with E-state index in [0.29, 0.717) is 36.8 Å². The molecule has 6 nitrogen and oxygen atoms in total. The lowest BCUT2D eigenvalue weighted by Gasteiger charge is -2.30. The second-order valence-electron chi connectivity index (χ2n) is 8.23. The maximum absolute atomic E-state index is 13.1. The molecule has 1 aliphatic heterocycles. The van der Waals surface area contributed by atoms with Crippen LogP contribution in [0.15, 0.2) is 77.2 Å². The zero-order valence-corrected chi connectivity index (χ0v) is 18.6. The van der Waals surface area contributed by atoms with Gasteiger partial charge in [0.15, 0.2) is 23.0 Å². The molecule has 0 atom stereocenters. The van der Waals surface area contributed by atoms with Gasteiger partial charge < -0.3 is 18.8 Å². The largest absolute Gasteiger partial charge is 0.493 e. The summed E-state index contributed by atoms with van der Waals surface area (Å²) in [5.74, 6) is 2.17. The summed E-state index contributed by atoms with van der Waals surface area (Å²) in [5, 5.41) is 0. The smallest absolute Gasteiger partial charge is 0.253 e. The number of likely N-dealkylation sites (tertiary alicyclic amines) is 1. The third kappa shape index (κ3) is 4.55. The molecule has 0 saturated carbocycles. The average Bonchev–Trinajstić information content (AvgIpc) is 3.32. The first-order valence-corrected chi connectivity index (χ1v) is 11.2. The fraction of sp³-hybridized carbons (Fsp3) is 0.259. The van der Waals surface area contributed by atoms with Crippen molar-refractivity contribution in [2.24, 2.45) is 0 Å². The van der Waals surface area contributed by atoms with Crippen LogP contribution in [0.4, 0.5) is 0 Å². The topological polar surface area (TPSA) is 64.8 Å². The molecule has 1 aliphatic rings. The minimum Gasteiger partial charge on any atom is -0.493 e. The Labute approximate surface area is 192 Å². The van der Waals surface area contributed by atoms with Crippen LogP contribution >= 0.6 is 0 Å². The minimum atomic E-state index is -0.000996. The van der Waals surface area contributed by atoms with E-state index in [-0.39, 0.29) is 11.8 Å². The van der Waals surface area contributed by atoms with Crippen molar-refractivity contribution in [2.75, 3.05) is 20.2 Å². The Morgan fingerprint density at radius 2 is 1.76 bits per heavy atom. The number of rotatable bonds is 6. The van der Waals surface area contributed by atoms with Crippen molar-refractivity contribution in [3.8, 4) is 11.5 Å². The second-order valence-corrected chi connectivity index (χ2v) is 8.23. The molecule has 1 amide bonds. The van der Waals surface area contributed by atoms with Gasteiger partial charge in [0.25, 0.3) is 5.91 Å². The van der Waals surface area contributed by atoms with E-state index in [0.717, 1.165) is 35.4 Å². The molecule has 0 unspecified atom stereocenters. The maximum Gasteiger partial charge on any atom is 0.253 e. The number of amides is 1. The van der Waals surface area contributed by atoms with Crippen molar-refractivity contribution in [1.29, 1.82) is 0 Å². The van der Waals surface area contributed by atoms with Gasteiger partial charge in [-0.3, -0.25) is 4.79 Å². The summed E-state index contributed by atoms with van der Waals surface area (Å²) in [6.07, 6.45) is 1.65. The van der Waals surface area contributed by atoms with E-state index in [1.54, 1.807) is 25.3 Å². The number of benzene rings is 3. The predicted octanol–water partition coefficient (Wildman–Crippen LogP) is 5.44. The van der Waals surface area contributed by atoms with Crippen LogP contribution in [0.1, 0.15) is 40.6 Å². The molecule has 5 rings (SSSR count). The molecule has 1 fully saturated rings. The summed E-state index contributed by atoms with van der Waals surface area (Å²) in [6.45, 7) is 1.77. The van der Waals surface area contributed by atoms with Crippen molar-refractivity contribution < 1.29 is 18.7 Å². The molecule has 1 aromatic heterocycles. The van der Waals surface area contributed by atoms with Crippen LogP contribution in [-0.2, 0) is 6.61 Å². The number of hydrogen-bond acceptors (Lipinski definition) is 5. The van der Waals surface area contributed by atoms with Crippen LogP contribution in [0.3, 0.4) is 0 Å². The number of carbonyl (C=O) groups is 1. The maximum atomic E-state index is 13.1. The van der Waals surface area contributed by atoms with Crippen LogP contribution in [0.25, 0.3) is 11.1 Å². The predicted molar refractivity (Wildman–Crippen MR) is 126 cm³/mol. The standard InChI is InChI=1S/C27H26N2O4/c1-31-25-17-21(11-12-24(25)32-18-19-7-3-2-4-8-19)27(30)29-15-13-20(14-16-29)26-28-22-9-5-6-10-23(22)33-26/h2-12,17,20H,13-16,18H2,1H3. The van der Waals surface area contributed by atoms with Crippen molar-refractivity contribution in [3.05, 3.63) is 89.8 Å². The zero-order valence-electron chi connectivity index (χ0n) is 18.6. The van der Waals surface area contributed by atoms with Crippen molar-refractivity contribution in [1.82, 2.24) is 9.88 Å². The Balaban J connectivity index is 1.23. The molecule has 0 aliphatic carbocycles. The molecule has 1 saturated heterocycles. The lowest BCUT2D eigenvalue weighted by atomic mass is 9.96. The van der Waals surface area contributed by atoms with Gasteiger partial charge in [0, 0.05) is 24.6 Å². The minimum absolute atomic E-state index is 0.000996. The third-order valence-corrected chi connectivity index (χ3v) is 6.09. The van der Waals surface area contributed by atoms with E-state index < -0.39 is 0 Å². The van der Waals surface area contributed by atoms with Gasteiger partial charge in [0.2, 0.25) is 0 Å². The SMILES string of the molecule is COc1cc(C(=O)N2CCC(c3nc4ccccc4o3)CC2)ccc1OCc1ccccc1. The van der Waals surface area contributed by atoms with Crippen LogP contribution in [0, 0.1) is 0 Å². The molecule has 6 heteroatoms. The number of fused-ring (bicyclic) bond motifs is 1. The van der Waals surface area contributed by atoms with E-state index in [1.807, 2.05) is 59.5 Å². The summed E-state index contributed by atoms with van der Waals surface area (Å²) < 4.78 is 17.4. The van der Waals surface area contributed by atoms with Gasteiger partial charge >= 0.3 is 0 Å². The normalized spacial score (nSPS) is 14.4. The fourth-order valence-electron chi connectivity index (χ4n) is 4.23. The number of methoxy groups -OCH3 is 1. The van der Waals surface area contributed by atoms with E-state index in [9.17, 15) is 4.79 Å². The Bertz CT molecular complexity index is 1210. The molecule has 0 radical (unpaired) electrons. The molecular formula is C27H26N2O4. The number of hydrogen-bond donors (Lipinski definition) is 0. The molecule has 4 aromatic rings. The first kappa shape index (κ1) is 21.1. The molecule has 33 heavy (non-hydrogen) atoms. The monoisotopic (exact) mass is 442 g/mol. The number of aromatic nitrogens is 1. The van der Waals surface area contributed by atoms with Gasteiger partial charge in [0.1, 0.15) is 12.1 Å². The first-order chi connectivity index (χ1) is 16.2. The van der Waals surface area contributed by atoms with Gasteiger partial charge in [-0.15, -0.1) is 0 Å². The molecule has 0 spiro atoms. The molecule has 0 N–H and O–H groups in total. The van der Waals surface area contributed by atoms with Crippen LogP contribution in [-0.4, -0.2) is 36.0 Å². The van der Waals surface area contributed by atoms with Crippen LogP contribution in [0.5, 0.6) is 11.5 Å². The van der Waals surface area contributed by atoms with Gasteiger partial charge in [-0.1, -0.05) is 42.5 Å². The Morgan fingerprint density at radius 1 is 1.00 bits per heavy atom. The summed E-state index contributed by atoms with van der Waals surface area (Å²) in [6, 6.07) is 23.1. The number of para-hydroxylation sites is 2. The van der Waals surface area contributed by atoms with Crippen molar-refractivity contribution in [2.45, 2.75) is 25.4 Å². The fourth-order valence-corrected chi connectivity index (χ4v) is 4.23. The van der Waals surface area contributed by atoms with Gasteiger partial charge in [-0.25, -0.2) is 4.98 Å². The molecule has 168 valence electrons. The lowest BCUT2D eigenvalue weighted by Crippen LogP contribution is -2.38. The highest BCUT2D eigenvalue weighted by Gasteiger charge is 2.28. The summed E-state index contributed by atoms with van der Waals surface area (Å²) in [5.41, 5.74) is 3.36. The van der Waals surface area contributed by atoms with Gasteiger partial charge in [-0.05, 0) is 48.7 Å². The van der Waals surface area contributed by atoms with Gasteiger partial charge in [-0.2, -0.15) is 0 Å². The number of piperidine rings is 1. The Kier molecular flexibility index (Phi) is 5.98. The number of nitrogens with zero attached hydrogens (tertiary/aromatic N) is 2. The van der Waals surface area contributed by atoms with Crippen molar-refractivity contribution in [3.63, 3.8) is 0 Å². The molecule has 2 heterocycles. The number of oxazole rings is 1. The summed E-state index contributed by atoms with van der Waals surface area (Å²) in [4.78, 5) is 19.7. The highest BCUT2D eigenvalue weighted by molar-refractivity contribution is 5.95. The van der Waals surface area contributed by atoms with Crippen molar-refractivity contribution >= 4 is 17.0 Å². The Morgan fingerprint density at radius 3 is 2.52 bits per heavy atom. The third-order valence-electron chi connectivity index (χ3n) is 6.09. The number of ether oxygens (including phenoxy) is 2. The molecular weight excluding hydrogens is 416 g/mol. The van der Waals surface area contributed by atoms with E-state index in [1.165, 1.54) is 0 Å². The van der Waals surface area contributed by atoms with E-state index >= 15 is 0 Å². The zero-order chi connectivity index (χ0) is 22.6. The Hall–Kier alpha value is -3.80. The van der Waals surface area contributed by atoms with Crippen LogP contribution in [0.2, 0.25) is 0 Å².